The van der Waals surface area contributed by atoms with Gasteiger partial charge in [-0.15, -0.1) is 0 Å². The van der Waals surface area contributed by atoms with Crippen LogP contribution in [0.3, 0.4) is 0 Å². The number of hydrogen-bond donors (Lipinski definition) is 0. The summed E-state index contributed by atoms with van der Waals surface area (Å²) >= 11 is 0. The first kappa shape index (κ1) is 13.1. The fourth-order valence-corrected chi connectivity index (χ4v) is 1.96. The molecule has 0 radical (unpaired) electrons. The van der Waals surface area contributed by atoms with E-state index in [1.165, 1.54) is 13.2 Å². The predicted molar refractivity (Wildman–Crippen MR) is 66.9 cm³/mol. The van der Waals surface area contributed by atoms with Crippen LogP contribution in [0.1, 0.15) is 18.9 Å². The number of ether oxygens (including phenoxy) is 3. The molecule has 0 amide bonds. The van der Waals surface area contributed by atoms with E-state index in [1.54, 1.807) is 24.3 Å². The summed E-state index contributed by atoms with van der Waals surface area (Å²) in [5.41, 5.74) is 0.409. The van der Waals surface area contributed by atoms with Crippen LogP contribution in [-0.4, -0.2) is 26.1 Å². The highest BCUT2D eigenvalue weighted by atomic mass is 19.1. The van der Waals surface area contributed by atoms with Crippen molar-refractivity contribution in [1.82, 2.24) is 0 Å². The van der Waals surface area contributed by atoms with Crippen molar-refractivity contribution >= 4 is 6.08 Å². The van der Waals surface area contributed by atoms with Gasteiger partial charge in [-0.2, -0.15) is 0 Å². The molecule has 0 bridgehead atoms. The van der Waals surface area contributed by atoms with E-state index in [0.717, 1.165) is 0 Å². The number of halogens is 1. The maximum Gasteiger partial charge on any atom is 0.188 e. The number of methoxy groups -OCH3 is 1. The molecule has 1 fully saturated rings. The molecule has 3 nitrogen and oxygen atoms in total. The molecule has 18 heavy (non-hydrogen) atoms. The number of benzene rings is 1. The Kier molecular flexibility index (Phi) is 3.99. The topological polar surface area (TPSA) is 27.7 Å². The van der Waals surface area contributed by atoms with E-state index >= 15 is 0 Å². The van der Waals surface area contributed by atoms with Gasteiger partial charge in [-0.1, -0.05) is 13.0 Å². The first-order valence-electron chi connectivity index (χ1n) is 6.00. The van der Waals surface area contributed by atoms with Crippen LogP contribution in [0.15, 0.2) is 24.3 Å². The molecule has 1 aromatic carbocycles. The fraction of sp³-hybridized carbons (Fsp3) is 0.429. The van der Waals surface area contributed by atoms with Crippen LogP contribution < -0.4 is 4.74 Å². The molecular weight excluding hydrogens is 235 g/mol. The Morgan fingerprint density at radius 1 is 1.39 bits per heavy atom. The average molecular weight is 252 g/mol. The van der Waals surface area contributed by atoms with Gasteiger partial charge in [0.25, 0.3) is 0 Å². The first-order chi connectivity index (χ1) is 8.71. The van der Waals surface area contributed by atoms with Gasteiger partial charge in [-0.05, 0) is 24.3 Å². The third-order valence-corrected chi connectivity index (χ3v) is 3.01. The second-order valence-electron chi connectivity index (χ2n) is 4.05. The zero-order valence-electron chi connectivity index (χ0n) is 10.6. The van der Waals surface area contributed by atoms with E-state index in [2.05, 4.69) is 0 Å². The Bertz CT molecular complexity index is 437. The molecule has 1 aromatic rings. The van der Waals surface area contributed by atoms with Crippen molar-refractivity contribution in [2.75, 3.05) is 20.3 Å². The highest BCUT2D eigenvalue weighted by Crippen LogP contribution is 2.28. The average Bonchev–Trinajstić information content (AvgIpc) is 2.86. The SMILES string of the molecule is CCC1(C=Cc2c(F)cccc2OC)OCCO1. The van der Waals surface area contributed by atoms with Gasteiger partial charge in [-0.25, -0.2) is 4.39 Å². The Labute approximate surface area is 106 Å². The molecule has 0 saturated carbocycles. The summed E-state index contributed by atoms with van der Waals surface area (Å²) in [4.78, 5) is 0. The molecule has 0 N–H and O–H groups in total. The van der Waals surface area contributed by atoms with E-state index in [-0.39, 0.29) is 5.82 Å². The molecule has 1 aliphatic rings. The maximum atomic E-state index is 13.7. The lowest BCUT2D eigenvalue weighted by Gasteiger charge is -2.21. The van der Waals surface area contributed by atoms with E-state index < -0.39 is 5.79 Å². The molecule has 0 aliphatic carbocycles. The summed E-state index contributed by atoms with van der Waals surface area (Å²) < 4.78 is 30.0. The molecule has 0 aromatic heterocycles. The molecule has 98 valence electrons. The van der Waals surface area contributed by atoms with Gasteiger partial charge in [0, 0.05) is 6.42 Å². The van der Waals surface area contributed by atoms with Gasteiger partial charge >= 0.3 is 0 Å². The van der Waals surface area contributed by atoms with E-state index in [4.69, 9.17) is 14.2 Å². The van der Waals surface area contributed by atoms with Crippen molar-refractivity contribution < 1.29 is 18.6 Å². The van der Waals surface area contributed by atoms with Crippen LogP contribution >= 0.6 is 0 Å². The van der Waals surface area contributed by atoms with Gasteiger partial charge in [0.2, 0.25) is 0 Å². The lowest BCUT2D eigenvalue weighted by Crippen LogP contribution is -2.25. The van der Waals surface area contributed by atoms with Crippen LogP contribution in [0.25, 0.3) is 6.08 Å². The highest BCUT2D eigenvalue weighted by molar-refractivity contribution is 5.58. The summed E-state index contributed by atoms with van der Waals surface area (Å²) in [5.74, 6) is -0.557. The summed E-state index contributed by atoms with van der Waals surface area (Å²) in [6.07, 6.45) is 4.09. The summed E-state index contributed by atoms with van der Waals surface area (Å²) in [6.45, 7) is 3.09. The summed E-state index contributed by atoms with van der Waals surface area (Å²) in [7, 11) is 1.52. The van der Waals surface area contributed by atoms with Gasteiger partial charge in [0.15, 0.2) is 5.79 Å². The Balaban J connectivity index is 2.28. The van der Waals surface area contributed by atoms with Crippen LogP contribution in [0.2, 0.25) is 0 Å². The van der Waals surface area contributed by atoms with Crippen LogP contribution in [0.5, 0.6) is 5.75 Å². The summed E-state index contributed by atoms with van der Waals surface area (Å²) in [5, 5.41) is 0. The van der Waals surface area contributed by atoms with E-state index in [9.17, 15) is 4.39 Å². The van der Waals surface area contributed by atoms with Crippen LogP contribution in [-0.2, 0) is 9.47 Å². The lowest BCUT2D eigenvalue weighted by atomic mass is 10.1. The second-order valence-corrected chi connectivity index (χ2v) is 4.05. The van der Waals surface area contributed by atoms with Crippen LogP contribution in [0, 0.1) is 5.82 Å². The van der Waals surface area contributed by atoms with Crippen LogP contribution in [0.4, 0.5) is 4.39 Å². The zero-order chi connectivity index (χ0) is 13.0. The smallest absolute Gasteiger partial charge is 0.188 e. The third kappa shape index (κ3) is 2.54. The molecule has 4 heteroatoms. The van der Waals surface area contributed by atoms with E-state index in [0.29, 0.717) is 30.9 Å². The third-order valence-electron chi connectivity index (χ3n) is 3.01. The van der Waals surface area contributed by atoms with E-state index in [1.807, 2.05) is 6.92 Å². The standard InChI is InChI=1S/C14H17FO3/c1-3-14(17-9-10-18-14)8-7-11-12(15)5-4-6-13(11)16-2/h4-8H,3,9-10H2,1-2H3. The molecular formula is C14H17FO3. The Hall–Kier alpha value is -1.39. The minimum absolute atomic E-state index is 0.324. The zero-order valence-corrected chi connectivity index (χ0v) is 10.6. The van der Waals surface area contributed by atoms with Gasteiger partial charge in [0.05, 0.1) is 25.9 Å². The fourth-order valence-electron chi connectivity index (χ4n) is 1.96. The minimum atomic E-state index is -0.729. The lowest BCUT2D eigenvalue weighted by molar-refractivity contribution is -0.117. The number of hydrogen-bond acceptors (Lipinski definition) is 3. The minimum Gasteiger partial charge on any atom is -0.496 e. The highest BCUT2D eigenvalue weighted by Gasteiger charge is 2.31. The Morgan fingerprint density at radius 2 is 2.11 bits per heavy atom. The predicted octanol–water partition coefficient (Wildman–Crippen LogP) is 3.00. The quantitative estimate of drug-likeness (QED) is 0.824. The van der Waals surface area contributed by atoms with Crippen molar-refractivity contribution in [3.05, 3.63) is 35.7 Å². The van der Waals surface area contributed by atoms with Crippen molar-refractivity contribution in [2.24, 2.45) is 0 Å². The molecule has 0 spiro atoms. The largest absolute Gasteiger partial charge is 0.496 e. The number of rotatable bonds is 4. The molecule has 1 heterocycles. The van der Waals surface area contributed by atoms with Crippen molar-refractivity contribution in [3.8, 4) is 5.75 Å². The summed E-state index contributed by atoms with van der Waals surface area (Å²) in [6, 6.07) is 4.73. The van der Waals surface area contributed by atoms with Gasteiger partial charge in [-0.3, -0.25) is 0 Å². The van der Waals surface area contributed by atoms with Crippen molar-refractivity contribution in [3.63, 3.8) is 0 Å². The second kappa shape index (κ2) is 5.50. The van der Waals surface area contributed by atoms with Gasteiger partial charge < -0.3 is 14.2 Å². The maximum absolute atomic E-state index is 13.7. The van der Waals surface area contributed by atoms with Crippen molar-refractivity contribution in [1.29, 1.82) is 0 Å². The molecule has 1 saturated heterocycles. The van der Waals surface area contributed by atoms with Gasteiger partial charge in [0.1, 0.15) is 11.6 Å². The Morgan fingerprint density at radius 3 is 2.72 bits per heavy atom. The molecule has 0 unspecified atom stereocenters. The molecule has 1 aliphatic heterocycles. The first-order valence-corrected chi connectivity index (χ1v) is 6.00. The molecule has 0 atom stereocenters. The normalized spacial score (nSPS) is 18.4. The monoisotopic (exact) mass is 252 g/mol. The van der Waals surface area contributed by atoms with Crippen molar-refractivity contribution in [2.45, 2.75) is 19.1 Å². The molecule has 2 rings (SSSR count).